The highest BCUT2D eigenvalue weighted by Gasteiger charge is 2.24. The van der Waals surface area contributed by atoms with Crippen LogP contribution in [0.2, 0.25) is 0 Å². The molecule has 16 heavy (non-hydrogen) atoms. The molecule has 0 spiro atoms. The average Bonchev–Trinajstić information content (AvgIpc) is 2.43. The lowest BCUT2D eigenvalue weighted by atomic mass is 10.1. The first kappa shape index (κ1) is 13.6. The summed E-state index contributed by atoms with van der Waals surface area (Å²) >= 11 is 1.42. The zero-order valence-electron chi connectivity index (χ0n) is 9.99. The lowest BCUT2D eigenvalue weighted by Crippen LogP contribution is -2.40. The van der Waals surface area contributed by atoms with E-state index in [9.17, 15) is 8.42 Å². The maximum atomic E-state index is 12.1. The Balaban J connectivity index is 3.12. The summed E-state index contributed by atoms with van der Waals surface area (Å²) < 4.78 is 26.7. The quantitative estimate of drug-likeness (QED) is 0.869. The van der Waals surface area contributed by atoms with Gasteiger partial charge in [-0.15, -0.1) is 11.3 Å². The van der Waals surface area contributed by atoms with Gasteiger partial charge in [0.2, 0.25) is 10.0 Å². The molecule has 0 aromatic carbocycles. The van der Waals surface area contributed by atoms with Gasteiger partial charge in [0.05, 0.1) is 4.90 Å². The van der Waals surface area contributed by atoms with Crippen molar-refractivity contribution in [2.75, 3.05) is 0 Å². The van der Waals surface area contributed by atoms with Crippen LogP contribution in [0.25, 0.3) is 0 Å². The molecule has 0 aliphatic heterocycles. The van der Waals surface area contributed by atoms with Gasteiger partial charge in [-0.25, -0.2) is 13.1 Å². The Labute approximate surface area is 101 Å². The first-order valence-corrected chi connectivity index (χ1v) is 7.29. The first-order valence-electron chi connectivity index (χ1n) is 4.99. The van der Waals surface area contributed by atoms with E-state index in [4.69, 9.17) is 5.73 Å². The van der Waals surface area contributed by atoms with Gasteiger partial charge in [0.25, 0.3) is 0 Å². The second-order valence-corrected chi connectivity index (χ2v) is 7.68. The predicted molar refractivity (Wildman–Crippen MR) is 67.0 cm³/mol. The van der Waals surface area contributed by atoms with Crippen LogP contribution in [0.3, 0.4) is 0 Å². The molecule has 3 N–H and O–H groups in total. The molecule has 6 heteroatoms. The van der Waals surface area contributed by atoms with E-state index in [0.717, 1.165) is 9.75 Å². The number of hydrogen-bond donors (Lipinski definition) is 2. The third-order valence-electron chi connectivity index (χ3n) is 1.85. The molecule has 0 aliphatic rings. The van der Waals surface area contributed by atoms with Gasteiger partial charge in [-0.3, -0.25) is 0 Å². The summed E-state index contributed by atoms with van der Waals surface area (Å²) in [6.07, 6.45) is 0. The summed E-state index contributed by atoms with van der Waals surface area (Å²) in [6.45, 7) is 7.61. The van der Waals surface area contributed by atoms with Crippen LogP contribution in [0.5, 0.6) is 0 Å². The largest absolute Gasteiger partial charge is 0.326 e. The summed E-state index contributed by atoms with van der Waals surface area (Å²) in [5.41, 5.74) is 5.02. The third kappa shape index (κ3) is 3.28. The van der Waals surface area contributed by atoms with E-state index in [2.05, 4.69) is 4.72 Å². The van der Waals surface area contributed by atoms with Crippen molar-refractivity contribution in [3.63, 3.8) is 0 Å². The van der Waals surface area contributed by atoms with E-state index in [-0.39, 0.29) is 0 Å². The Hall–Kier alpha value is -0.430. The second kappa shape index (κ2) is 4.44. The molecule has 0 aliphatic carbocycles. The fourth-order valence-electron chi connectivity index (χ4n) is 1.35. The molecule has 0 amide bonds. The van der Waals surface area contributed by atoms with Crippen molar-refractivity contribution in [3.05, 3.63) is 15.8 Å². The number of hydrogen-bond acceptors (Lipinski definition) is 4. The summed E-state index contributed by atoms with van der Waals surface area (Å²) in [5, 5.41) is 0. The van der Waals surface area contributed by atoms with Crippen molar-refractivity contribution < 1.29 is 8.42 Å². The molecule has 0 atom stereocenters. The summed E-state index contributed by atoms with van der Waals surface area (Å²) in [7, 11) is -3.43. The van der Waals surface area contributed by atoms with Crippen molar-refractivity contribution >= 4 is 21.4 Å². The standard InChI is InChI=1S/C10H18N2O2S2/c1-7-9(5-8(6-11)15-7)16(13,14)12-10(2,3)4/h5,12H,6,11H2,1-4H3. The smallest absolute Gasteiger partial charge is 0.242 e. The monoisotopic (exact) mass is 262 g/mol. The van der Waals surface area contributed by atoms with E-state index in [1.165, 1.54) is 11.3 Å². The highest BCUT2D eigenvalue weighted by atomic mass is 32.2. The van der Waals surface area contributed by atoms with E-state index in [0.29, 0.717) is 11.4 Å². The molecular formula is C10H18N2O2S2. The lowest BCUT2D eigenvalue weighted by molar-refractivity contribution is 0.491. The minimum Gasteiger partial charge on any atom is -0.326 e. The minimum atomic E-state index is -3.43. The Kier molecular flexibility index (Phi) is 3.79. The fraction of sp³-hybridized carbons (Fsp3) is 0.600. The summed E-state index contributed by atoms with van der Waals surface area (Å²) in [6, 6.07) is 1.65. The molecule has 1 rings (SSSR count). The van der Waals surface area contributed by atoms with Crippen LogP contribution in [0.4, 0.5) is 0 Å². The van der Waals surface area contributed by atoms with E-state index in [1.807, 2.05) is 20.8 Å². The van der Waals surface area contributed by atoms with Crippen molar-refractivity contribution in [2.24, 2.45) is 5.73 Å². The number of thiophene rings is 1. The van der Waals surface area contributed by atoms with Crippen LogP contribution in [0.1, 0.15) is 30.5 Å². The molecule has 0 saturated carbocycles. The highest BCUT2D eigenvalue weighted by Crippen LogP contribution is 2.26. The van der Waals surface area contributed by atoms with Crippen LogP contribution in [-0.4, -0.2) is 14.0 Å². The van der Waals surface area contributed by atoms with Crippen molar-refractivity contribution in [1.29, 1.82) is 0 Å². The zero-order valence-corrected chi connectivity index (χ0v) is 11.6. The molecule has 4 nitrogen and oxygen atoms in total. The van der Waals surface area contributed by atoms with Gasteiger partial charge in [-0.2, -0.15) is 0 Å². The van der Waals surface area contributed by atoms with E-state index >= 15 is 0 Å². The summed E-state index contributed by atoms with van der Waals surface area (Å²) in [4.78, 5) is 2.00. The molecule has 1 aromatic rings. The van der Waals surface area contributed by atoms with Crippen LogP contribution < -0.4 is 10.5 Å². The second-order valence-electron chi connectivity index (χ2n) is 4.69. The number of nitrogens with one attached hydrogen (secondary N) is 1. The maximum absolute atomic E-state index is 12.1. The molecule has 0 bridgehead atoms. The number of sulfonamides is 1. The molecule has 92 valence electrons. The van der Waals surface area contributed by atoms with Gasteiger partial charge in [0, 0.05) is 21.8 Å². The van der Waals surface area contributed by atoms with Crippen LogP contribution in [0, 0.1) is 6.92 Å². The molecule has 0 radical (unpaired) electrons. The van der Waals surface area contributed by atoms with Crippen LogP contribution in [-0.2, 0) is 16.6 Å². The lowest BCUT2D eigenvalue weighted by Gasteiger charge is -2.20. The number of rotatable bonds is 3. The molecule has 0 saturated heterocycles. The van der Waals surface area contributed by atoms with Gasteiger partial charge in [-0.1, -0.05) is 0 Å². The van der Waals surface area contributed by atoms with Gasteiger partial charge in [-0.05, 0) is 33.8 Å². The topological polar surface area (TPSA) is 72.2 Å². The molecule has 1 heterocycles. The van der Waals surface area contributed by atoms with Crippen molar-refractivity contribution in [1.82, 2.24) is 4.72 Å². The van der Waals surface area contributed by atoms with Gasteiger partial charge < -0.3 is 5.73 Å². The molecule has 0 fully saturated rings. The SMILES string of the molecule is Cc1sc(CN)cc1S(=O)(=O)NC(C)(C)C. The zero-order chi connectivity index (χ0) is 12.6. The molecular weight excluding hydrogens is 244 g/mol. The Morgan fingerprint density at radius 3 is 2.38 bits per heavy atom. The van der Waals surface area contributed by atoms with Gasteiger partial charge >= 0.3 is 0 Å². The number of nitrogens with two attached hydrogens (primary N) is 1. The van der Waals surface area contributed by atoms with Crippen molar-refractivity contribution in [3.8, 4) is 0 Å². The van der Waals surface area contributed by atoms with E-state index < -0.39 is 15.6 Å². The van der Waals surface area contributed by atoms with Gasteiger partial charge in [0.1, 0.15) is 0 Å². The normalized spacial score (nSPS) is 13.1. The molecule has 0 unspecified atom stereocenters. The Morgan fingerprint density at radius 2 is 2.00 bits per heavy atom. The van der Waals surface area contributed by atoms with Gasteiger partial charge in [0.15, 0.2) is 0 Å². The molecule has 1 aromatic heterocycles. The fourth-order valence-corrected chi connectivity index (χ4v) is 4.28. The average molecular weight is 262 g/mol. The summed E-state index contributed by atoms with van der Waals surface area (Å²) in [5.74, 6) is 0. The van der Waals surface area contributed by atoms with Crippen molar-refractivity contribution in [2.45, 2.75) is 44.7 Å². The predicted octanol–water partition coefficient (Wildman–Crippen LogP) is 1.59. The number of aryl methyl sites for hydroxylation is 1. The Bertz CT molecular complexity index is 469. The first-order chi connectivity index (χ1) is 7.15. The third-order valence-corrected chi connectivity index (χ3v) is 4.94. The minimum absolute atomic E-state index is 0.341. The Morgan fingerprint density at radius 1 is 1.44 bits per heavy atom. The van der Waals surface area contributed by atoms with E-state index in [1.54, 1.807) is 13.0 Å². The highest BCUT2D eigenvalue weighted by molar-refractivity contribution is 7.89. The van der Waals surface area contributed by atoms with Crippen LogP contribution >= 0.6 is 11.3 Å². The maximum Gasteiger partial charge on any atom is 0.242 e. The van der Waals surface area contributed by atoms with Crippen LogP contribution in [0.15, 0.2) is 11.0 Å².